The second-order valence-corrected chi connectivity index (χ2v) is 8.95. The van der Waals surface area contributed by atoms with E-state index in [1.54, 1.807) is 19.1 Å². The number of benzene rings is 3. The summed E-state index contributed by atoms with van der Waals surface area (Å²) in [6.45, 7) is 3.07. The van der Waals surface area contributed by atoms with Gasteiger partial charge in [0.1, 0.15) is 5.82 Å². The number of allylic oxidation sites excluding steroid dienone is 2. The van der Waals surface area contributed by atoms with E-state index in [-0.39, 0.29) is 35.5 Å². The number of ether oxygens (including phenoxy) is 2. The molecule has 200 valence electrons. The summed E-state index contributed by atoms with van der Waals surface area (Å²) in [6, 6.07) is 8.90. The van der Waals surface area contributed by atoms with Crippen LogP contribution in [-0.2, 0) is 4.79 Å². The highest BCUT2D eigenvalue weighted by molar-refractivity contribution is 5.78. The Bertz CT molecular complexity index is 1400. The maximum absolute atomic E-state index is 14.9. The summed E-state index contributed by atoms with van der Waals surface area (Å²) >= 11 is 0. The van der Waals surface area contributed by atoms with Crippen LogP contribution >= 0.6 is 0 Å². The largest absolute Gasteiger partial charge is 0.491 e. The lowest BCUT2D eigenvalue weighted by Gasteiger charge is -2.21. The molecule has 0 aromatic heterocycles. The zero-order valence-electron chi connectivity index (χ0n) is 20.7. The van der Waals surface area contributed by atoms with Crippen LogP contribution in [0.15, 0.2) is 48.5 Å². The van der Waals surface area contributed by atoms with E-state index in [0.717, 1.165) is 17.7 Å². The highest BCUT2D eigenvalue weighted by atomic mass is 19.2. The molecular formula is C29H25F5O4. The van der Waals surface area contributed by atoms with Crippen molar-refractivity contribution in [3.8, 4) is 22.6 Å². The summed E-state index contributed by atoms with van der Waals surface area (Å²) in [7, 11) is 0. The van der Waals surface area contributed by atoms with Gasteiger partial charge in [-0.25, -0.2) is 13.2 Å². The number of aliphatic hydroxyl groups excluding tert-OH is 1. The van der Waals surface area contributed by atoms with Gasteiger partial charge in [0.05, 0.1) is 18.6 Å². The van der Waals surface area contributed by atoms with E-state index in [1.807, 2.05) is 0 Å². The first kappa shape index (κ1) is 27.3. The molecule has 0 spiro atoms. The molecule has 1 aliphatic carbocycles. The van der Waals surface area contributed by atoms with Gasteiger partial charge in [0.25, 0.3) is 0 Å². The lowest BCUT2D eigenvalue weighted by Crippen LogP contribution is -2.23. The Balaban J connectivity index is 1.47. The van der Waals surface area contributed by atoms with Crippen LogP contribution < -0.4 is 9.47 Å². The molecule has 4 nitrogen and oxygen atoms in total. The van der Waals surface area contributed by atoms with Gasteiger partial charge >= 0.3 is 5.97 Å². The quantitative estimate of drug-likeness (QED) is 0.197. The average Bonchev–Trinajstić information content (AvgIpc) is 2.90. The van der Waals surface area contributed by atoms with Crippen molar-refractivity contribution < 1.29 is 41.3 Å². The lowest BCUT2D eigenvalue weighted by molar-refractivity contribution is -0.139. The monoisotopic (exact) mass is 532 g/mol. The van der Waals surface area contributed by atoms with Gasteiger partial charge in [0.15, 0.2) is 23.1 Å². The average molecular weight is 533 g/mol. The fourth-order valence-corrected chi connectivity index (χ4v) is 4.39. The zero-order valence-corrected chi connectivity index (χ0v) is 20.7. The summed E-state index contributed by atoms with van der Waals surface area (Å²) in [5, 5.41) is 9.49. The van der Waals surface area contributed by atoms with Crippen LogP contribution in [0.4, 0.5) is 22.0 Å². The Morgan fingerprint density at radius 2 is 1.63 bits per heavy atom. The molecule has 3 aromatic carbocycles. The minimum Gasteiger partial charge on any atom is -0.491 e. The first-order chi connectivity index (χ1) is 18.1. The third-order valence-electron chi connectivity index (χ3n) is 6.46. The van der Waals surface area contributed by atoms with E-state index in [2.05, 4.69) is 0 Å². The Labute approximate surface area is 216 Å². The maximum Gasteiger partial charge on any atom is 0.314 e. The van der Waals surface area contributed by atoms with Crippen molar-refractivity contribution in [1.82, 2.24) is 0 Å². The van der Waals surface area contributed by atoms with Crippen LogP contribution in [-0.4, -0.2) is 17.7 Å². The van der Waals surface area contributed by atoms with Crippen LogP contribution in [0.25, 0.3) is 16.7 Å². The number of rotatable bonds is 7. The molecular weight excluding hydrogens is 507 g/mol. The second kappa shape index (κ2) is 11.3. The van der Waals surface area contributed by atoms with Crippen molar-refractivity contribution in [2.24, 2.45) is 5.92 Å². The van der Waals surface area contributed by atoms with Crippen LogP contribution in [0, 0.1) is 35.0 Å². The third kappa shape index (κ3) is 5.43. The summed E-state index contributed by atoms with van der Waals surface area (Å²) in [6.07, 6.45) is 1.43. The number of hydrogen-bond acceptors (Lipinski definition) is 4. The van der Waals surface area contributed by atoms with Crippen molar-refractivity contribution in [2.45, 2.75) is 39.2 Å². The van der Waals surface area contributed by atoms with E-state index >= 15 is 0 Å². The van der Waals surface area contributed by atoms with Gasteiger partial charge in [-0.15, -0.1) is 0 Å². The maximum atomic E-state index is 14.9. The topological polar surface area (TPSA) is 55.8 Å². The van der Waals surface area contributed by atoms with E-state index < -0.39 is 52.8 Å². The van der Waals surface area contributed by atoms with E-state index in [0.29, 0.717) is 18.4 Å². The summed E-state index contributed by atoms with van der Waals surface area (Å²) < 4.78 is 82.2. The van der Waals surface area contributed by atoms with Gasteiger partial charge in [-0.3, -0.25) is 4.79 Å². The molecule has 0 radical (unpaired) electrons. The van der Waals surface area contributed by atoms with Crippen molar-refractivity contribution in [3.05, 3.63) is 88.8 Å². The molecule has 4 rings (SSSR count). The Morgan fingerprint density at radius 3 is 2.26 bits per heavy atom. The van der Waals surface area contributed by atoms with Crippen molar-refractivity contribution in [3.63, 3.8) is 0 Å². The molecule has 2 unspecified atom stereocenters. The predicted molar refractivity (Wildman–Crippen MR) is 131 cm³/mol. The van der Waals surface area contributed by atoms with Gasteiger partial charge in [-0.2, -0.15) is 8.78 Å². The lowest BCUT2D eigenvalue weighted by atomic mass is 9.86. The number of esters is 1. The number of carbonyl (C=O) groups is 1. The van der Waals surface area contributed by atoms with Crippen LogP contribution in [0.2, 0.25) is 0 Å². The predicted octanol–water partition coefficient (Wildman–Crippen LogP) is 7.29. The van der Waals surface area contributed by atoms with E-state index in [9.17, 15) is 31.9 Å². The molecule has 38 heavy (non-hydrogen) atoms. The molecule has 0 heterocycles. The number of halogens is 5. The van der Waals surface area contributed by atoms with Crippen LogP contribution in [0.5, 0.6) is 11.5 Å². The summed E-state index contributed by atoms with van der Waals surface area (Å²) in [5.74, 6) is -7.97. The zero-order chi connectivity index (χ0) is 27.6. The molecule has 0 saturated carbocycles. The molecule has 1 N–H and O–H groups in total. The second-order valence-electron chi connectivity index (χ2n) is 8.95. The molecule has 3 aromatic rings. The van der Waals surface area contributed by atoms with Gasteiger partial charge in [0, 0.05) is 16.7 Å². The summed E-state index contributed by atoms with van der Waals surface area (Å²) in [4.78, 5) is 12.5. The van der Waals surface area contributed by atoms with Crippen LogP contribution in [0.3, 0.4) is 0 Å². The molecule has 9 heteroatoms. The molecule has 0 fully saturated rings. The first-order valence-electron chi connectivity index (χ1n) is 12.1. The Morgan fingerprint density at radius 1 is 0.947 bits per heavy atom. The fraction of sp³-hybridized carbons (Fsp3) is 0.276. The SMILES string of the molecule is CCOc1ccc(-c2ccc(C3=CCC(C(=O)Oc4ccc(C(C)O)c(F)c4F)CC3)cc2F)c(F)c1F. The highest BCUT2D eigenvalue weighted by Gasteiger charge is 2.27. The molecule has 0 amide bonds. The summed E-state index contributed by atoms with van der Waals surface area (Å²) in [5.41, 5.74) is 0.673. The smallest absolute Gasteiger partial charge is 0.314 e. The van der Waals surface area contributed by atoms with Gasteiger partial charge < -0.3 is 14.6 Å². The number of carbonyl (C=O) groups excluding carboxylic acids is 1. The first-order valence-corrected chi connectivity index (χ1v) is 12.1. The van der Waals surface area contributed by atoms with E-state index in [4.69, 9.17) is 9.47 Å². The number of aliphatic hydroxyl groups is 1. The van der Waals surface area contributed by atoms with Crippen LogP contribution in [0.1, 0.15) is 50.3 Å². The van der Waals surface area contributed by atoms with Crippen molar-refractivity contribution in [2.75, 3.05) is 6.61 Å². The minimum absolute atomic E-state index is 0.109. The molecule has 0 aliphatic heterocycles. The molecule has 1 aliphatic rings. The Hall–Kier alpha value is -3.72. The third-order valence-corrected chi connectivity index (χ3v) is 6.46. The normalized spacial score (nSPS) is 16.1. The Kier molecular flexibility index (Phi) is 8.16. The molecule has 0 bridgehead atoms. The highest BCUT2D eigenvalue weighted by Crippen LogP contribution is 2.36. The molecule has 2 atom stereocenters. The minimum atomic E-state index is -1.36. The van der Waals surface area contributed by atoms with Gasteiger partial charge in [-0.05, 0) is 74.6 Å². The van der Waals surface area contributed by atoms with Crippen molar-refractivity contribution >= 4 is 11.5 Å². The van der Waals surface area contributed by atoms with E-state index in [1.165, 1.54) is 31.2 Å². The molecule has 0 saturated heterocycles. The standard InChI is InChI=1S/C29H25F5O4/c1-3-37-23-12-11-21(26(32)27(23)33)20-9-8-18(14-22(20)30)16-4-6-17(7-5-16)29(36)38-24-13-10-19(15(2)35)25(31)28(24)34/h4,8-15,17,35H,3,5-7H2,1-2H3. The fourth-order valence-electron chi connectivity index (χ4n) is 4.39. The van der Waals surface area contributed by atoms with Gasteiger partial charge in [-0.1, -0.05) is 18.2 Å². The van der Waals surface area contributed by atoms with Gasteiger partial charge in [0.2, 0.25) is 11.6 Å². The number of hydrogen-bond donors (Lipinski definition) is 1. The van der Waals surface area contributed by atoms with Crippen molar-refractivity contribution in [1.29, 1.82) is 0 Å².